The van der Waals surface area contributed by atoms with Crippen molar-refractivity contribution in [3.8, 4) is 0 Å². The molecule has 0 spiro atoms. The molecule has 0 aliphatic carbocycles. The SMILES string of the molecule is CCc1ccccc1Cc1c(C)n(O)c2ccccc2c1=O. The molecular formula is C19H19NO2. The van der Waals surface area contributed by atoms with Gasteiger partial charge in [-0.2, -0.15) is 4.73 Å². The number of aryl methyl sites for hydroxylation is 1. The molecule has 0 unspecified atom stereocenters. The van der Waals surface area contributed by atoms with Crippen LogP contribution in [0.3, 0.4) is 0 Å². The van der Waals surface area contributed by atoms with E-state index in [0.29, 0.717) is 28.6 Å². The van der Waals surface area contributed by atoms with Gasteiger partial charge in [0.15, 0.2) is 5.43 Å². The average Bonchev–Trinajstić information content (AvgIpc) is 2.57. The predicted octanol–water partition coefficient (Wildman–Crippen LogP) is 3.70. The summed E-state index contributed by atoms with van der Waals surface area (Å²) < 4.78 is 1.13. The number of hydrogen-bond donors (Lipinski definition) is 1. The highest BCUT2D eigenvalue weighted by atomic mass is 16.5. The first kappa shape index (κ1) is 14.4. The first-order chi connectivity index (χ1) is 10.6. The molecule has 3 heteroatoms. The molecule has 0 amide bonds. The molecule has 3 aromatic rings. The van der Waals surface area contributed by atoms with Gasteiger partial charge < -0.3 is 5.21 Å². The van der Waals surface area contributed by atoms with Crippen LogP contribution in [0.25, 0.3) is 10.9 Å². The molecule has 0 fully saturated rings. The summed E-state index contributed by atoms with van der Waals surface area (Å²) >= 11 is 0. The number of aromatic nitrogens is 1. The van der Waals surface area contributed by atoms with Crippen LogP contribution in [-0.2, 0) is 12.8 Å². The van der Waals surface area contributed by atoms with Crippen molar-refractivity contribution in [2.75, 3.05) is 0 Å². The quantitative estimate of drug-likeness (QED) is 0.748. The Hall–Kier alpha value is -2.55. The lowest BCUT2D eigenvalue weighted by molar-refractivity contribution is 0.190. The van der Waals surface area contributed by atoms with E-state index in [9.17, 15) is 10.0 Å². The lowest BCUT2D eigenvalue weighted by atomic mass is 9.96. The van der Waals surface area contributed by atoms with Gasteiger partial charge in [-0.1, -0.05) is 43.3 Å². The summed E-state index contributed by atoms with van der Waals surface area (Å²) in [5.74, 6) is 0. The zero-order valence-electron chi connectivity index (χ0n) is 12.8. The summed E-state index contributed by atoms with van der Waals surface area (Å²) in [4.78, 5) is 12.8. The van der Waals surface area contributed by atoms with E-state index in [0.717, 1.165) is 16.7 Å². The minimum absolute atomic E-state index is 0.00399. The van der Waals surface area contributed by atoms with Crippen molar-refractivity contribution >= 4 is 10.9 Å². The van der Waals surface area contributed by atoms with Gasteiger partial charge in [0.2, 0.25) is 0 Å². The fourth-order valence-corrected chi connectivity index (χ4v) is 2.96. The maximum atomic E-state index is 12.8. The Morgan fingerprint density at radius 1 is 1.00 bits per heavy atom. The third-order valence-electron chi connectivity index (χ3n) is 4.27. The summed E-state index contributed by atoms with van der Waals surface area (Å²) in [5, 5.41) is 10.9. The fourth-order valence-electron chi connectivity index (χ4n) is 2.96. The van der Waals surface area contributed by atoms with Gasteiger partial charge in [0.25, 0.3) is 0 Å². The standard InChI is InChI=1S/C19H19NO2/c1-3-14-8-4-5-9-15(14)12-17-13(2)20(22)18-11-7-6-10-16(18)19(17)21/h4-11,22H,3,12H2,1-2H3. The number of rotatable bonds is 3. The van der Waals surface area contributed by atoms with E-state index in [1.807, 2.05) is 24.3 Å². The third-order valence-corrected chi connectivity index (χ3v) is 4.27. The number of fused-ring (bicyclic) bond motifs is 1. The van der Waals surface area contributed by atoms with Crippen molar-refractivity contribution in [1.82, 2.24) is 4.73 Å². The number of hydrogen-bond acceptors (Lipinski definition) is 2. The molecule has 1 aromatic heterocycles. The Morgan fingerprint density at radius 2 is 1.64 bits per heavy atom. The lowest BCUT2D eigenvalue weighted by Crippen LogP contribution is -2.18. The normalized spacial score (nSPS) is 11.0. The van der Waals surface area contributed by atoms with Crippen LogP contribution in [0.15, 0.2) is 53.3 Å². The summed E-state index contributed by atoms with van der Waals surface area (Å²) in [7, 11) is 0. The number of para-hydroxylation sites is 1. The molecule has 3 rings (SSSR count). The zero-order chi connectivity index (χ0) is 15.7. The maximum absolute atomic E-state index is 12.8. The van der Waals surface area contributed by atoms with Crippen molar-refractivity contribution in [2.45, 2.75) is 26.7 Å². The van der Waals surface area contributed by atoms with Crippen LogP contribution in [0.5, 0.6) is 0 Å². The van der Waals surface area contributed by atoms with Crippen LogP contribution < -0.4 is 5.43 Å². The van der Waals surface area contributed by atoms with Gasteiger partial charge in [0, 0.05) is 17.4 Å². The molecule has 0 saturated carbocycles. The van der Waals surface area contributed by atoms with Gasteiger partial charge in [0.1, 0.15) is 0 Å². The molecule has 0 aliphatic heterocycles. The lowest BCUT2D eigenvalue weighted by Gasteiger charge is -2.14. The van der Waals surface area contributed by atoms with Gasteiger partial charge in [-0.05, 0) is 36.6 Å². The molecule has 3 nitrogen and oxygen atoms in total. The van der Waals surface area contributed by atoms with Gasteiger partial charge in [-0.15, -0.1) is 0 Å². The Kier molecular flexibility index (Phi) is 3.72. The molecular weight excluding hydrogens is 274 g/mol. The maximum Gasteiger partial charge on any atom is 0.193 e. The van der Waals surface area contributed by atoms with Crippen molar-refractivity contribution in [2.24, 2.45) is 0 Å². The summed E-state index contributed by atoms with van der Waals surface area (Å²) in [6.07, 6.45) is 1.47. The molecule has 1 heterocycles. The largest absolute Gasteiger partial charge is 0.428 e. The Balaban J connectivity index is 2.21. The van der Waals surface area contributed by atoms with E-state index in [4.69, 9.17) is 0 Å². The zero-order valence-corrected chi connectivity index (χ0v) is 12.8. The van der Waals surface area contributed by atoms with Crippen molar-refractivity contribution in [3.63, 3.8) is 0 Å². The minimum Gasteiger partial charge on any atom is -0.428 e. The number of pyridine rings is 1. The van der Waals surface area contributed by atoms with Crippen molar-refractivity contribution < 1.29 is 5.21 Å². The van der Waals surface area contributed by atoms with E-state index in [1.54, 1.807) is 19.1 Å². The summed E-state index contributed by atoms with van der Waals surface area (Å²) in [5.41, 5.74) is 4.19. The Morgan fingerprint density at radius 3 is 2.36 bits per heavy atom. The Bertz CT molecular complexity index is 894. The highest BCUT2D eigenvalue weighted by Crippen LogP contribution is 2.19. The van der Waals surface area contributed by atoms with Crippen LogP contribution >= 0.6 is 0 Å². The summed E-state index contributed by atoms with van der Waals surface area (Å²) in [6.45, 7) is 3.90. The molecule has 0 radical (unpaired) electrons. The molecule has 0 saturated heterocycles. The van der Waals surface area contributed by atoms with Gasteiger partial charge in [-0.3, -0.25) is 4.79 Å². The monoisotopic (exact) mass is 293 g/mol. The van der Waals surface area contributed by atoms with E-state index >= 15 is 0 Å². The molecule has 1 N–H and O–H groups in total. The molecule has 0 bridgehead atoms. The summed E-state index contributed by atoms with van der Waals surface area (Å²) in [6, 6.07) is 15.3. The van der Waals surface area contributed by atoms with Crippen LogP contribution in [0.4, 0.5) is 0 Å². The highest BCUT2D eigenvalue weighted by Gasteiger charge is 2.14. The van der Waals surface area contributed by atoms with Gasteiger partial charge >= 0.3 is 0 Å². The van der Waals surface area contributed by atoms with E-state index in [-0.39, 0.29) is 5.43 Å². The van der Waals surface area contributed by atoms with E-state index in [2.05, 4.69) is 19.1 Å². The Labute approximate surface area is 129 Å². The van der Waals surface area contributed by atoms with Crippen LogP contribution in [-0.4, -0.2) is 9.94 Å². The minimum atomic E-state index is 0.00399. The first-order valence-electron chi connectivity index (χ1n) is 7.52. The van der Waals surface area contributed by atoms with Crippen LogP contribution in [0.2, 0.25) is 0 Å². The van der Waals surface area contributed by atoms with E-state index in [1.165, 1.54) is 5.56 Å². The van der Waals surface area contributed by atoms with Gasteiger partial charge in [0.05, 0.1) is 11.2 Å². The molecule has 0 aliphatic rings. The second kappa shape index (κ2) is 5.68. The van der Waals surface area contributed by atoms with Gasteiger partial charge in [-0.25, -0.2) is 0 Å². The topological polar surface area (TPSA) is 42.2 Å². The molecule has 2 aromatic carbocycles. The highest BCUT2D eigenvalue weighted by molar-refractivity contribution is 5.79. The van der Waals surface area contributed by atoms with Crippen molar-refractivity contribution in [1.29, 1.82) is 0 Å². The predicted molar refractivity (Wildman–Crippen MR) is 88.8 cm³/mol. The first-order valence-corrected chi connectivity index (χ1v) is 7.52. The second-order valence-electron chi connectivity index (χ2n) is 5.52. The third kappa shape index (κ3) is 2.29. The molecule has 0 atom stereocenters. The fraction of sp³-hybridized carbons (Fsp3) is 0.211. The van der Waals surface area contributed by atoms with Crippen LogP contribution in [0.1, 0.15) is 29.3 Å². The average molecular weight is 293 g/mol. The number of nitrogens with zero attached hydrogens (tertiary/aromatic N) is 1. The smallest absolute Gasteiger partial charge is 0.193 e. The molecule has 22 heavy (non-hydrogen) atoms. The second-order valence-corrected chi connectivity index (χ2v) is 5.52. The number of benzene rings is 2. The molecule has 112 valence electrons. The van der Waals surface area contributed by atoms with Crippen molar-refractivity contribution in [3.05, 3.63) is 81.1 Å². The van der Waals surface area contributed by atoms with Crippen LogP contribution in [0, 0.1) is 6.92 Å². The van der Waals surface area contributed by atoms with E-state index < -0.39 is 0 Å².